The summed E-state index contributed by atoms with van der Waals surface area (Å²) in [7, 11) is 0. The summed E-state index contributed by atoms with van der Waals surface area (Å²) in [5.41, 5.74) is 3.92. The number of nitrogens with zero attached hydrogens (tertiary/aromatic N) is 4. The molecule has 3 aromatic heterocycles. The first kappa shape index (κ1) is 23.5. The number of hydrogen-bond donors (Lipinski definition) is 1. The molecule has 1 aromatic carbocycles. The number of carbonyl (C=O) groups excluding carboxylic acids is 1. The van der Waals surface area contributed by atoms with Gasteiger partial charge in [-0.05, 0) is 37.6 Å². The molecule has 0 saturated carbocycles. The molecule has 8 heteroatoms. The second-order valence-corrected chi connectivity index (χ2v) is 10.2. The van der Waals surface area contributed by atoms with Crippen LogP contribution in [0.5, 0.6) is 0 Å². The molecule has 0 aliphatic carbocycles. The summed E-state index contributed by atoms with van der Waals surface area (Å²) in [6, 6.07) is 14.4. The monoisotopic (exact) mass is 489 g/mol. The zero-order chi connectivity index (χ0) is 24.2. The number of hydrogen-bond acceptors (Lipinski definition) is 6. The maximum absolute atomic E-state index is 13.2. The van der Waals surface area contributed by atoms with Crippen molar-refractivity contribution in [3.63, 3.8) is 0 Å². The average molecular weight is 490 g/mol. The standard InChI is InChI=1S/C27H31N5O2S/c1-19(24-9-8-20(2)34-24)10-13-31-14-11-23-22(18-31)26(27(33)29-16-25-28-12-15-35-25)30-32(23)17-21-6-4-3-5-7-21/h3-9,12,15,19H,10-11,13-14,16-18H2,1-2H3,(H,29,33). The molecule has 35 heavy (non-hydrogen) atoms. The van der Waals surface area contributed by atoms with E-state index in [-0.39, 0.29) is 5.91 Å². The Bertz CT molecular complexity index is 1260. The molecule has 1 aliphatic rings. The molecule has 1 aliphatic heterocycles. The van der Waals surface area contributed by atoms with Crippen LogP contribution < -0.4 is 5.32 Å². The van der Waals surface area contributed by atoms with Gasteiger partial charge in [-0.2, -0.15) is 5.10 Å². The molecule has 0 fully saturated rings. The van der Waals surface area contributed by atoms with Gasteiger partial charge < -0.3 is 9.73 Å². The van der Waals surface area contributed by atoms with E-state index in [0.29, 0.717) is 24.7 Å². The molecular weight excluding hydrogens is 458 g/mol. The van der Waals surface area contributed by atoms with Gasteiger partial charge in [-0.1, -0.05) is 37.3 Å². The molecule has 7 nitrogen and oxygen atoms in total. The highest BCUT2D eigenvalue weighted by Crippen LogP contribution is 2.26. The predicted octanol–water partition coefficient (Wildman–Crippen LogP) is 4.77. The number of amides is 1. The Labute approximate surface area is 209 Å². The lowest BCUT2D eigenvalue weighted by Crippen LogP contribution is -2.33. The summed E-state index contributed by atoms with van der Waals surface area (Å²) in [6.45, 7) is 7.91. The molecule has 5 rings (SSSR count). The maximum Gasteiger partial charge on any atom is 0.272 e. The number of carbonyl (C=O) groups is 1. The average Bonchev–Trinajstić information content (AvgIpc) is 3.62. The molecule has 1 atom stereocenters. The Balaban J connectivity index is 1.32. The Morgan fingerprint density at radius 3 is 2.83 bits per heavy atom. The van der Waals surface area contributed by atoms with E-state index in [1.54, 1.807) is 6.20 Å². The van der Waals surface area contributed by atoms with Crippen molar-refractivity contribution in [1.82, 2.24) is 25.0 Å². The highest BCUT2D eigenvalue weighted by Gasteiger charge is 2.28. The van der Waals surface area contributed by atoms with E-state index >= 15 is 0 Å². The first-order valence-electron chi connectivity index (χ1n) is 12.1. The first-order valence-corrected chi connectivity index (χ1v) is 13.0. The molecule has 0 spiro atoms. The number of aromatic nitrogens is 3. The third kappa shape index (κ3) is 5.55. The van der Waals surface area contributed by atoms with Crippen molar-refractivity contribution >= 4 is 17.2 Å². The van der Waals surface area contributed by atoms with Crippen LogP contribution in [0.1, 0.15) is 63.1 Å². The van der Waals surface area contributed by atoms with Gasteiger partial charge in [0.15, 0.2) is 5.69 Å². The molecule has 1 amide bonds. The van der Waals surface area contributed by atoms with E-state index in [0.717, 1.165) is 54.6 Å². The zero-order valence-electron chi connectivity index (χ0n) is 20.2. The fourth-order valence-corrected chi connectivity index (χ4v) is 5.18. The topological polar surface area (TPSA) is 76.2 Å². The Hall–Kier alpha value is -3.23. The van der Waals surface area contributed by atoms with Crippen LogP contribution >= 0.6 is 11.3 Å². The smallest absolute Gasteiger partial charge is 0.272 e. The number of nitrogens with one attached hydrogen (secondary N) is 1. The lowest BCUT2D eigenvalue weighted by molar-refractivity contribution is 0.0942. The van der Waals surface area contributed by atoms with Gasteiger partial charge in [-0.3, -0.25) is 14.4 Å². The molecule has 0 bridgehead atoms. The van der Waals surface area contributed by atoms with E-state index in [9.17, 15) is 4.79 Å². The van der Waals surface area contributed by atoms with Crippen molar-refractivity contribution in [1.29, 1.82) is 0 Å². The van der Waals surface area contributed by atoms with Gasteiger partial charge in [0, 0.05) is 48.3 Å². The van der Waals surface area contributed by atoms with Gasteiger partial charge in [-0.15, -0.1) is 11.3 Å². The Kier molecular flexibility index (Phi) is 7.11. The molecule has 0 radical (unpaired) electrons. The number of rotatable bonds is 9. The van der Waals surface area contributed by atoms with Crippen molar-refractivity contribution in [3.8, 4) is 0 Å². The summed E-state index contributed by atoms with van der Waals surface area (Å²) in [5.74, 6) is 2.21. The largest absolute Gasteiger partial charge is 0.466 e. The van der Waals surface area contributed by atoms with Crippen molar-refractivity contribution in [2.75, 3.05) is 13.1 Å². The molecule has 0 saturated heterocycles. The summed E-state index contributed by atoms with van der Waals surface area (Å²) in [5, 5.41) is 10.6. The van der Waals surface area contributed by atoms with E-state index in [2.05, 4.69) is 40.3 Å². The number of furan rings is 1. The van der Waals surface area contributed by atoms with Gasteiger partial charge in [0.05, 0.1) is 13.1 Å². The summed E-state index contributed by atoms with van der Waals surface area (Å²) in [4.78, 5) is 19.9. The molecular formula is C27H31N5O2S. The van der Waals surface area contributed by atoms with Crippen LogP contribution in [-0.2, 0) is 26.1 Å². The number of fused-ring (bicyclic) bond motifs is 1. The predicted molar refractivity (Wildman–Crippen MR) is 137 cm³/mol. The Morgan fingerprint density at radius 1 is 1.23 bits per heavy atom. The second kappa shape index (κ2) is 10.6. The molecule has 1 N–H and O–H groups in total. The first-order chi connectivity index (χ1) is 17.1. The molecule has 1 unspecified atom stereocenters. The minimum absolute atomic E-state index is 0.135. The lowest BCUT2D eigenvalue weighted by atomic mass is 10.0. The number of benzene rings is 1. The van der Waals surface area contributed by atoms with Crippen LogP contribution in [0.2, 0.25) is 0 Å². The summed E-state index contributed by atoms with van der Waals surface area (Å²) >= 11 is 1.54. The second-order valence-electron chi connectivity index (χ2n) is 9.19. The minimum atomic E-state index is -0.135. The van der Waals surface area contributed by atoms with E-state index in [4.69, 9.17) is 9.52 Å². The van der Waals surface area contributed by atoms with Crippen LogP contribution in [0.3, 0.4) is 0 Å². The van der Waals surface area contributed by atoms with Crippen molar-refractivity contribution < 1.29 is 9.21 Å². The minimum Gasteiger partial charge on any atom is -0.466 e. The van der Waals surface area contributed by atoms with Crippen molar-refractivity contribution in [3.05, 3.63) is 93.1 Å². The van der Waals surface area contributed by atoms with Gasteiger partial charge in [-0.25, -0.2) is 4.98 Å². The summed E-state index contributed by atoms with van der Waals surface area (Å²) in [6.07, 6.45) is 3.64. The van der Waals surface area contributed by atoms with Crippen LogP contribution in [0.25, 0.3) is 0 Å². The quantitative estimate of drug-likeness (QED) is 0.366. The Morgan fingerprint density at radius 2 is 2.09 bits per heavy atom. The normalized spacial score (nSPS) is 14.6. The van der Waals surface area contributed by atoms with E-state index in [1.165, 1.54) is 22.6 Å². The van der Waals surface area contributed by atoms with Gasteiger partial charge in [0.2, 0.25) is 0 Å². The molecule has 4 aromatic rings. The van der Waals surface area contributed by atoms with Crippen LogP contribution in [0.4, 0.5) is 0 Å². The molecule has 4 heterocycles. The van der Waals surface area contributed by atoms with Crippen molar-refractivity contribution in [2.24, 2.45) is 0 Å². The zero-order valence-corrected chi connectivity index (χ0v) is 21.1. The van der Waals surface area contributed by atoms with E-state index in [1.807, 2.05) is 41.3 Å². The molecule has 182 valence electrons. The van der Waals surface area contributed by atoms with Gasteiger partial charge in [0.1, 0.15) is 16.5 Å². The van der Waals surface area contributed by atoms with E-state index < -0.39 is 0 Å². The van der Waals surface area contributed by atoms with Crippen LogP contribution in [-0.4, -0.2) is 38.7 Å². The summed E-state index contributed by atoms with van der Waals surface area (Å²) < 4.78 is 7.84. The van der Waals surface area contributed by atoms with Gasteiger partial charge >= 0.3 is 0 Å². The fraction of sp³-hybridized carbons (Fsp3) is 0.370. The third-order valence-corrected chi connectivity index (χ3v) is 7.39. The maximum atomic E-state index is 13.2. The van der Waals surface area contributed by atoms with Crippen LogP contribution in [0, 0.1) is 6.92 Å². The third-order valence-electron chi connectivity index (χ3n) is 6.61. The highest BCUT2D eigenvalue weighted by atomic mass is 32.1. The fourth-order valence-electron chi connectivity index (χ4n) is 4.62. The highest BCUT2D eigenvalue weighted by molar-refractivity contribution is 7.09. The SMILES string of the molecule is Cc1ccc(C(C)CCN2CCc3c(c(C(=O)NCc4nccs4)nn3Cc3ccccc3)C2)o1. The van der Waals surface area contributed by atoms with Crippen molar-refractivity contribution in [2.45, 2.75) is 52.2 Å². The number of aryl methyl sites for hydroxylation is 1. The number of thiazole rings is 1. The van der Waals surface area contributed by atoms with Crippen LogP contribution in [0.15, 0.2) is 58.5 Å². The van der Waals surface area contributed by atoms with Gasteiger partial charge in [0.25, 0.3) is 5.91 Å². The lowest BCUT2D eigenvalue weighted by Gasteiger charge is -2.28.